The minimum Gasteiger partial charge on any atom is -0.340 e. The highest BCUT2D eigenvalue weighted by Crippen LogP contribution is 2.34. The molecule has 0 saturated heterocycles. The molecular weight excluding hydrogens is 390 g/mol. The van der Waals surface area contributed by atoms with Gasteiger partial charge in [0.1, 0.15) is 17.9 Å². The summed E-state index contributed by atoms with van der Waals surface area (Å²) in [5.41, 5.74) is 0.640. The molecule has 2 rings (SSSR count). The summed E-state index contributed by atoms with van der Waals surface area (Å²) >= 11 is 5.59. The predicted octanol–water partition coefficient (Wildman–Crippen LogP) is 3.90. The average Bonchev–Trinajstić information content (AvgIpc) is 3.05. The summed E-state index contributed by atoms with van der Waals surface area (Å²) in [5.74, 6) is -0.570. The van der Waals surface area contributed by atoms with Crippen molar-refractivity contribution in [1.82, 2.24) is 24.5 Å². The van der Waals surface area contributed by atoms with E-state index in [0.717, 1.165) is 17.0 Å². The largest absolute Gasteiger partial charge is 0.340 e. The van der Waals surface area contributed by atoms with Crippen molar-refractivity contribution in [3.8, 4) is 0 Å². The average molecular weight is 410 g/mol. The number of amides is 1. The molecular formula is C16H20ClF4N5O. The van der Waals surface area contributed by atoms with Crippen molar-refractivity contribution < 1.29 is 22.4 Å². The van der Waals surface area contributed by atoms with E-state index in [1.54, 1.807) is 4.68 Å². The van der Waals surface area contributed by atoms with Crippen molar-refractivity contribution in [3.05, 3.63) is 33.4 Å². The molecule has 0 atom stereocenters. The van der Waals surface area contributed by atoms with Crippen molar-refractivity contribution in [2.75, 3.05) is 7.05 Å². The molecule has 11 heteroatoms. The van der Waals surface area contributed by atoms with Gasteiger partial charge in [-0.15, -0.1) is 0 Å². The maximum Gasteiger partial charge on any atom is 0.283 e. The van der Waals surface area contributed by atoms with E-state index in [1.165, 1.54) is 11.9 Å². The van der Waals surface area contributed by atoms with Crippen molar-refractivity contribution in [2.45, 2.75) is 53.3 Å². The van der Waals surface area contributed by atoms with Crippen molar-refractivity contribution in [1.29, 1.82) is 0 Å². The number of carbonyl (C=O) groups is 1. The lowest BCUT2D eigenvalue weighted by Crippen LogP contribution is -2.31. The summed E-state index contributed by atoms with van der Waals surface area (Å²) < 4.78 is 54.5. The quantitative estimate of drug-likeness (QED) is 0.652. The van der Waals surface area contributed by atoms with Crippen LogP contribution in [0.1, 0.15) is 48.1 Å². The molecule has 2 aromatic rings. The summed E-state index contributed by atoms with van der Waals surface area (Å²) in [4.78, 5) is 13.8. The predicted molar refractivity (Wildman–Crippen MR) is 91.0 cm³/mol. The minimum atomic E-state index is -3.14. The van der Waals surface area contributed by atoms with Gasteiger partial charge >= 0.3 is 0 Å². The number of aromatic nitrogens is 4. The molecule has 27 heavy (non-hydrogen) atoms. The lowest BCUT2D eigenvalue weighted by atomic mass is 10.2. The first-order valence-electron chi connectivity index (χ1n) is 8.17. The molecule has 0 fully saturated rings. The first kappa shape index (κ1) is 21.2. The molecule has 0 N–H and O–H groups in total. The van der Waals surface area contributed by atoms with Crippen LogP contribution >= 0.6 is 11.6 Å². The smallest absolute Gasteiger partial charge is 0.283 e. The van der Waals surface area contributed by atoms with Gasteiger partial charge in [-0.05, 0) is 20.8 Å². The second-order valence-corrected chi connectivity index (χ2v) is 6.44. The van der Waals surface area contributed by atoms with Crippen LogP contribution in [0.5, 0.6) is 0 Å². The van der Waals surface area contributed by atoms with Crippen molar-refractivity contribution >= 4 is 17.5 Å². The highest BCUT2D eigenvalue weighted by atomic mass is 35.5. The molecule has 1 amide bonds. The van der Waals surface area contributed by atoms with Gasteiger partial charge < -0.3 is 4.90 Å². The summed E-state index contributed by atoms with van der Waals surface area (Å²) in [6.45, 7) is 5.87. The monoisotopic (exact) mass is 409 g/mol. The van der Waals surface area contributed by atoms with E-state index < -0.39 is 41.7 Å². The molecule has 0 bridgehead atoms. The summed E-state index contributed by atoms with van der Waals surface area (Å²) in [5, 5.41) is 6.95. The number of likely N-dealkylation sites (N-methyl/N-ethyl adjacent to an activating group) is 1. The van der Waals surface area contributed by atoms with Gasteiger partial charge in [0.25, 0.3) is 12.9 Å². The highest BCUT2D eigenvalue weighted by Gasteiger charge is 2.29. The van der Waals surface area contributed by atoms with E-state index in [-0.39, 0.29) is 6.54 Å². The standard InChI is InChI=1S/C16H20ClF4N5O/c1-5-25-9(3)10(8(2)22-25)6-24(4)11(27)7-26-14(16(20)21)12(17)13(23-26)15(18)19/h15-16H,5-7H2,1-4H3. The fraction of sp³-hybridized carbons (Fsp3) is 0.562. The number of hydrogen-bond acceptors (Lipinski definition) is 3. The molecule has 0 aliphatic carbocycles. The fourth-order valence-corrected chi connectivity index (χ4v) is 3.09. The molecule has 0 saturated carbocycles. The van der Waals surface area contributed by atoms with E-state index in [2.05, 4.69) is 10.2 Å². The molecule has 150 valence electrons. The summed E-state index contributed by atoms with van der Waals surface area (Å²) in [6, 6.07) is 0. The van der Waals surface area contributed by atoms with Crippen LogP contribution in [0.4, 0.5) is 17.6 Å². The zero-order valence-corrected chi connectivity index (χ0v) is 16.1. The Balaban J connectivity index is 2.22. The van der Waals surface area contributed by atoms with Crippen molar-refractivity contribution in [3.63, 3.8) is 0 Å². The second-order valence-electron chi connectivity index (χ2n) is 6.06. The number of aryl methyl sites for hydroxylation is 2. The summed E-state index contributed by atoms with van der Waals surface area (Å²) in [7, 11) is 1.49. The van der Waals surface area contributed by atoms with Gasteiger partial charge in [-0.25, -0.2) is 17.6 Å². The Hall–Kier alpha value is -2.10. The Morgan fingerprint density at radius 1 is 1.15 bits per heavy atom. The third-order valence-corrected chi connectivity index (χ3v) is 4.69. The van der Waals surface area contributed by atoms with Gasteiger partial charge in [-0.2, -0.15) is 10.2 Å². The Bertz CT molecular complexity index is 833. The fourth-order valence-electron chi connectivity index (χ4n) is 2.79. The number of halogens is 5. The van der Waals surface area contributed by atoms with Crippen LogP contribution in [0.25, 0.3) is 0 Å². The second kappa shape index (κ2) is 8.28. The molecule has 0 spiro atoms. The van der Waals surface area contributed by atoms with E-state index >= 15 is 0 Å². The zero-order valence-electron chi connectivity index (χ0n) is 15.3. The Morgan fingerprint density at radius 3 is 2.26 bits per heavy atom. The van der Waals surface area contributed by atoms with E-state index in [9.17, 15) is 22.4 Å². The molecule has 6 nitrogen and oxygen atoms in total. The number of hydrogen-bond donors (Lipinski definition) is 0. The Kier molecular flexibility index (Phi) is 6.50. The van der Waals surface area contributed by atoms with Crippen LogP contribution in [-0.2, 0) is 24.4 Å². The van der Waals surface area contributed by atoms with Crippen LogP contribution in [0.2, 0.25) is 5.02 Å². The number of rotatable bonds is 7. The first-order chi connectivity index (χ1) is 12.6. The molecule has 0 aliphatic heterocycles. The van der Waals surface area contributed by atoms with Gasteiger partial charge in [0.05, 0.1) is 10.7 Å². The van der Waals surface area contributed by atoms with Gasteiger partial charge in [0.15, 0.2) is 0 Å². The van der Waals surface area contributed by atoms with Crippen LogP contribution in [-0.4, -0.2) is 37.4 Å². The molecule has 0 unspecified atom stereocenters. The Labute approximate surface area is 158 Å². The van der Waals surface area contributed by atoms with Crippen LogP contribution in [0.3, 0.4) is 0 Å². The van der Waals surface area contributed by atoms with Gasteiger partial charge in [-0.1, -0.05) is 11.6 Å². The molecule has 0 aromatic carbocycles. The minimum absolute atomic E-state index is 0.206. The number of carbonyl (C=O) groups excluding carboxylic acids is 1. The SMILES string of the molecule is CCn1nc(C)c(CN(C)C(=O)Cn2nc(C(F)F)c(Cl)c2C(F)F)c1C. The maximum atomic E-state index is 13.2. The van der Waals surface area contributed by atoms with Crippen LogP contribution in [0.15, 0.2) is 0 Å². The number of alkyl halides is 4. The molecule has 2 heterocycles. The Morgan fingerprint density at radius 2 is 1.78 bits per heavy atom. The highest BCUT2D eigenvalue weighted by molar-refractivity contribution is 6.32. The van der Waals surface area contributed by atoms with Gasteiger partial charge in [-0.3, -0.25) is 14.2 Å². The lowest BCUT2D eigenvalue weighted by molar-refractivity contribution is -0.131. The van der Waals surface area contributed by atoms with E-state index in [4.69, 9.17) is 11.6 Å². The van der Waals surface area contributed by atoms with E-state index in [0.29, 0.717) is 11.2 Å². The van der Waals surface area contributed by atoms with Gasteiger partial charge in [0.2, 0.25) is 5.91 Å². The molecule has 0 aliphatic rings. The maximum absolute atomic E-state index is 13.2. The van der Waals surface area contributed by atoms with Crippen LogP contribution < -0.4 is 0 Å². The molecule has 0 radical (unpaired) electrons. The molecule has 2 aromatic heterocycles. The summed E-state index contributed by atoms with van der Waals surface area (Å²) in [6.07, 6.45) is -6.25. The van der Waals surface area contributed by atoms with Crippen molar-refractivity contribution in [2.24, 2.45) is 0 Å². The third-order valence-electron chi connectivity index (χ3n) is 4.31. The normalized spacial score (nSPS) is 11.7. The third kappa shape index (κ3) is 4.26. The topological polar surface area (TPSA) is 56.0 Å². The lowest BCUT2D eigenvalue weighted by Gasteiger charge is -2.18. The first-order valence-corrected chi connectivity index (χ1v) is 8.55. The van der Waals surface area contributed by atoms with Crippen LogP contribution in [0, 0.1) is 13.8 Å². The van der Waals surface area contributed by atoms with Gasteiger partial charge in [0, 0.05) is 31.4 Å². The van der Waals surface area contributed by atoms with E-state index in [1.807, 2.05) is 20.8 Å². The zero-order chi connectivity index (χ0) is 20.5. The number of nitrogens with zero attached hydrogens (tertiary/aromatic N) is 5.